The molecule has 1 saturated heterocycles. The largest absolute Gasteiger partial charge is 0.454 e. The van der Waals surface area contributed by atoms with Gasteiger partial charge in [-0.25, -0.2) is 9.37 Å². The molecule has 2 aromatic carbocycles. The molecule has 2 aromatic heterocycles. The van der Waals surface area contributed by atoms with Crippen LogP contribution in [0.4, 0.5) is 4.39 Å². The smallest absolute Gasteiger partial charge is 0.299 e. The Kier molecular flexibility index (Phi) is 6.62. The second-order valence-corrected chi connectivity index (χ2v) is 9.02. The lowest BCUT2D eigenvalue weighted by Crippen LogP contribution is -2.38. The minimum Gasteiger partial charge on any atom is -0.454 e. The van der Waals surface area contributed by atoms with Crippen LogP contribution in [0.25, 0.3) is 16.8 Å². The quantitative estimate of drug-likeness (QED) is 0.304. The molecule has 1 aliphatic heterocycles. The summed E-state index contributed by atoms with van der Waals surface area (Å²) in [5.41, 5.74) is 3.32. The van der Waals surface area contributed by atoms with E-state index in [1.54, 1.807) is 31.3 Å². The maximum Gasteiger partial charge on any atom is 0.299 e. The van der Waals surface area contributed by atoms with Crippen molar-refractivity contribution < 1.29 is 13.9 Å². The van der Waals surface area contributed by atoms with Gasteiger partial charge in [-0.2, -0.15) is 0 Å². The molecule has 0 bridgehead atoms. The number of ether oxygens (including phenoxy) is 1. The minimum absolute atomic E-state index is 0.00395. The maximum atomic E-state index is 14.3. The van der Waals surface area contributed by atoms with E-state index in [0.29, 0.717) is 12.3 Å². The van der Waals surface area contributed by atoms with E-state index in [-0.39, 0.29) is 22.7 Å². The number of aromatic nitrogens is 3. The number of carbonyl (C=O) groups is 1. The molecule has 182 valence electrons. The summed E-state index contributed by atoms with van der Waals surface area (Å²) in [5, 5.41) is 0.00395. The lowest BCUT2D eigenvalue weighted by atomic mass is 10.0. The van der Waals surface area contributed by atoms with Crippen LogP contribution in [0.1, 0.15) is 43.7 Å². The fraction of sp³-hybridized carbons (Fsp3) is 0.250. The third-order valence-corrected chi connectivity index (χ3v) is 6.62. The lowest BCUT2D eigenvalue weighted by Gasteiger charge is -2.33. The number of imidazole rings is 1. The zero-order valence-corrected chi connectivity index (χ0v) is 20.7. The van der Waals surface area contributed by atoms with Crippen LogP contribution >= 0.6 is 11.6 Å². The number of nitrogens with zero attached hydrogens (tertiary/aromatic N) is 4. The Bertz CT molecular complexity index is 1500. The van der Waals surface area contributed by atoms with Crippen molar-refractivity contribution in [2.75, 3.05) is 6.54 Å². The normalized spacial score (nSPS) is 15.4. The van der Waals surface area contributed by atoms with Gasteiger partial charge in [0.05, 0.1) is 28.0 Å². The highest BCUT2D eigenvalue weighted by Crippen LogP contribution is 2.36. The van der Waals surface area contributed by atoms with Crippen molar-refractivity contribution >= 4 is 23.0 Å². The van der Waals surface area contributed by atoms with Crippen molar-refractivity contribution in [2.24, 2.45) is 0 Å². The van der Waals surface area contributed by atoms with E-state index < -0.39 is 5.82 Å². The van der Waals surface area contributed by atoms with Crippen molar-refractivity contribution in [1.82, 2.24) is 19.3 Å². The first-order valence-corrected chi connectivity index (χ1v) is 12.1. The van der Waals surface area contributed by atoms with Crippen molar-refractivity contribution in [3.63, 3.8) is 0 Å². The second kappa shape index (κ2) is 10.00. The molecule has 0 aliphatic carbocycles. The fourth-order valence-electron chi connectivity index (χ4n) is 4.65. The first-order chi connectivity index (χ1) is 17.5. The summed E-state index contributed by atoms with van der Waals surface area (Å²) in [7, 11) is 0. The molecule has 0 spiro atoms. The average Bonchev–Trinajstić information content (AvgIpc) is 3.28. The van der Waals surface area contributed by atoms with Crippen molar-refractivity contribution in [1.29, 1.82) is 0 Å². The number of amides is 1. The SMILES string of the molecule is CC#CC(=O)N1CCCC[C@H]1c1nc(-c2ccc(Oc3cccc(Cl)c3F)cc2)c2c(C)nccn12. The third kappa shape index (κ3) is 4.40. The first-order valence-electron chi connectivity index (χ1n) is 11.8. The Hall–Kier alpha value is -3.89. The molecule has 1 fully saturated rings. The highest BCUT2D eigenvalue weighted by atomic mass is 35.5. The van der Waals surface area contributed by atoms with Crippen LogP contribution in [0.2, 0.25) is 5.02 Å². The van der Waals surface area contributed by atoms with Gasteiger partial charge >= 0.3 is 0 Å². The van der Waals surface area contributed by atoms with Gasteiger partial charge in [-0.3, -0.25) is 14.2 Å². The zero-order chi connectivity index (χ0) is 25.2. The molecule has 1 amide bonds. The van der Waals surface area contributed by atoms with Gasteiger partial charge in [0.15, 0.2) is 11.6 Å². The number of hydrogen-bond acceptors (Lipinski definition) is 4. The van der Waals surface area contributed by atoms with Crippen molar-refractivity contribution in [3.05, 3.63) is 77.2 Å². The standard InChI is InChI=1S/C28H24ClFN4O2/c1-3-7-24(35)33-16-5-4-9-22(33)28-32-26(27-18(2)31-15-17-34(27)28)19-11-13-20(14-12-19)36-23-10-6-8-21(29)25(23)30/h6,8,10-15,17,22H,4-5,9,16H2,1-2H3/t22-/m0/s1. The van der Waals surface area contributed by atoms with Crippen LogP contribution in [0.5, 0.6) is 11.5 Å². The van der Waals surface area contributed by atoms with Gasteiger partial charge in [0.25, 0.3) is 5.91 Å². The molecule has 1 aliphatic rings. The summed E-state index contributed by atoms with van der Waals surface area (Å²) >= 11 is 5.87. The van der Waals surface area contributed by atoms with E-state index in [4.69, 9.17) is 21.3 Å². The molecule has 0 N–H and O–H groups in total. The van der Waals surface area contributed by atoms with Gasteiger partial charge in [-0.15, -0.1) is 0 Å². The van der Waals surface area contributed by atoms with Gasteiger partial charge in [0, 0.05) is 24.5 Å². The molecule has 0 unspecified atom stereocenters. The summed E-state index contributed by atoms with van der Waals surface area (Å²) in [6, 6.07) is 11.7. The number of aryl methyl sites for hydroxylation is 1. The average molecular weight is 503 g/mol. The number of piperidine rings is 1. The maximum absolute atomic E-state index is 14.3. The Morgan fingerprint density at radius 2 is 2.00 bits per heavy atom. The number of halogens is 2. The van der Waals surface area contributed by atoms with Gasteiger partial charge in [0.2, 0.25) is 0 Å². The Labute approximate surface area is 213 Å². The van der Waals surface area contributed by atoms with Crippen molar-refractivity contribution in [3.8, 4) is 34.6 Å². The highest BCUT2D eigenvalue weighted by Gasteiger charge is 2.31. The number of likely N-dealkylation sites (tertiary alicyclic amines) is 1. The van der Waals surface area contributed by atoms with E-state index >= 15 is 0 Å². The van der Waals surface area contributed by atoms with Crippen LogP contribution in [0.3, 0.4) is 0 Å². The highest BCUT2D eigenvalue weighted by molar-refractivity contribution is 6.30. The third-order valence-electron chi connectivity index (χ3n) is 6.33. The number of fused-ring (bicyclic) bond motifs is 1. The molecule has 4 aromatic rings. The molecule has 8 heteroatoms. The molecule has 5 rings (SSSR count). The van der Waals surface area contributed by atoms with Crippen LogP contribution in [0.15, 0.2) is 54.9 Å². The van der Waals surface area contributed by atoms with E-state index in [1.807, 2.05) is 34.6 Å². The number of rotatable bonds is 4. The summed E-state index contributed by atoms with van der Waals surface area (Å²) in [6.45, 7) is 4.26. The van der Waals surface area contributed by atoms with Crippen LogP contribution < -0.4 is 4.74 Å². The van der Waals surface area contributed by atoms with Crippen LogP contribution in [0, 0.1) is 24.6 Å². The van der Waals surface area contributed by atoms with E-state index in [1.165, 1.54) is 12.1 Å². The van der Waals surface area contributed by atoms with Gasteiger partial charge in [-0.05, 0) is 75.4 Å². The molecule has 0 saturated carbocycles. The minimum atomic E-state index is -0.603. The van der Waals surface area contributed by atoms with Gasteiger partial charge in [-0.1, -0.05) is 23.6 Å². The predicted molar refractivity (Wildman–Crippen MR) is 136 cm³/mol. The lowest BCUT2D eigenvalue weighted by molar-refractivity contribution is -0.129. The van der Waals surface area contributed by atoms with E-state index in [9.17, 15) is 9.18 Å². The fourth-order valence-corrected chi connectivity index (χ4v) is 4.81. The second-order valence-electron chi connectivity index (χ2n) is 8.61. The summed E-state index contributed by atoms with van der Waals surface area (Å²) in [6.07, 6.45) is 6.40. The number of carbonyl (C=O) groups excluding carboxylic acids is 1. The van der Waals surface area contributed by atoms with Crippen molar-refractivity contribution in [2.45, 2.75) is 39.2 Å². The first kappa shape index (κ1) is 23.8. The zero-order valence-electron chi connectivity index (χ0n) is 20.0. The van der Waals surface area contributed by atoms with Gasteiger partial charge in [0.1, 0.15) is 11.6 Å². The van der Waals surface area contributed by atoms with E-state index in [2.05, 4.69) is 16.8 Å². The predicted octanol–water partition coefficient (Wildman–Crippen LogP) is 6.37. The van der Waals surface area contributed by atoms with Crippen LogP contribution in [-0.4, -0.2) is 31.7 Å². The Balaban J connectivity index is 1.54. The molecular weight excluding hydrogens is 479 g/mol. The molecule has 36 heavy (non-hydrogen) atoms. The molecule has 6 nitrogen and oxygen atoms in total. The summed E-state index contributed by atoms with van der Waals surface area (Å²) in [5.74, 6) is 5.95. The van der Waals surface area contributed by atoms with Gasteiger partial charge < -0.3 is 9.64 Å². The summed E-state index contributed by atoms with van der Waals surface area (Å²) < 4.78 is 22.0. The summed E-state index contributed by atoms with van der Waals surface area (Å²) in [4.78, 5) is 24.1. The number of benzene rings is 2. The molecule has 1 atom stereocenters. The van der Waals surface area contributed by atoms with Crippen LogP contribution in [-0.2, 0) is 4.79 Å². The molecular formula is C28H24ClFN4O2. The molecule has 3 heterocycles. The van der Waals surface area contributed by atoms with E-state index in [0.717, 1.165) is 47.6 Å². The molecule has 0 radical (unpaired) electrons. The monoisotopic (exact) mass is 502 g/mol. The topological polar surface area (TPSA) is 59.7 Å². The Morgan fingerprint density at radius 3 is 2.78 bits per heavy atom. The number of hydrogen-bond donors (Lipinski definition) is 0. The Morgan fingerprint density at radius 1 is 1.19 bits per heavy atom.